The lowest BCUT2D eigenvalue weighted by Gasteiger charge is -2.25. The van der Waals surface area contributed by atoms with Crippen LogP contribution < -0.4 is 0 Å². The van der Waals surface area contributed by atoms with Crippen LogP contribution in [0.3, 0.4) is 0 Å². The van der Waals surface area contributed by atoms with Crippen LogP contribution in [0.4, 0.5) is 0 Å². The lowest BCUT2D eigenvalue weighted by atomic mass is 9.92. The van der Waals surface area contributed by atoms with Gasteiger partial charge in [-0.3, -0.25) is 4.79 Å². The first-order valence-electron chi connectivity index (χ1n) is 4.78. The summed E-state index contributed by atoms with van der Waals surface area (Å²) in [4.78, 5) is 43.9. The van der Waals surface area contributed by atoms with Crippen LogP contribution >= 0.6 is 0 Å². The van der Waals surface area contributed by atoms with Crippen molar-refractivity contribution >= 4 is 23.7 Å². The topological polar surface area (TPSA) is 179 Å². The maximum atomic E-state index is 11.4. The first-order valence-corrected chi connectivity index (χ1v) is 4.78. The Hall–Kier alpha value is -1.88. The third-order valence-corrected chi connectivity index (χ3v) is 2.12. The first kappa shape index (κ1) is 17.1. The van der Waals surface area contributed by atoms with E-state index in [2.05, 4.69) is 4.74 Å². The minimum Gasteiger partial charge on any atom is -0.479 e. The second-order valence-corrected chi connectivity index (χ2v) is 3.47. The Morgan fingerprint density at radius 1 is 1.21 bits per heavy atom. The molecule has 0 spiro atoms. The Labute approximate surface area is 105 Å². The highest BCUT2D eigenvalue weighted by Crippen LogP contribution is 2.16. The normalized spacial score (nSPS) is 16.9. The summed E-state index contributed by atoms with van der Waals surface area (Å²) in [6.07, 6.45) is -4.99. The van der Waals surface area contributed by atoms with E-state index in [4.69, 9.17) is 20.4 Å². The van der Waals surface area contributed by atoms with E-state index in [9.17, 15) is 24.3 Å². The zero-order valence-corrected chi connectivity index (χ0v) is 9.64. The molecule has 5 N–H and O–H groups in total. The second-order valence-electron chi connectivity index (χ2n) is 3.47. The molecule has 19 heavy (non-hydrogen) atoms. The molecule has 0 aliphatic carbocycles. The zero-order chi connectivity index (χ0) is 15.4. The van der Waals surface area contributed by atoms with Crippen LogP contribution in [0.2, 0.25) is 0 Å². The molecule has 0 rings (SSSR count). The Kier molecular flexibility index (Phi) is 5.71. The van der Waals surface area contributed by atoms with Gasteiger partial charge in [0.05, 0.1) is 6.61 Å². The fourth-order valence-electron chi connectivity index (χ4n) is 0.938. The van der Waals surface area contributed by atoms with Crippen molar-refractivity contribution in [2.75, 3.05) is 6.61 Å². The van der Waals surface area contributed by atoms with Crippen molar-refractivity contribution in [1.29, 1.82) is 0 Å². The largest absolute Gasteiger partial charge is 0.479 e. The third kappa shape index (κ3) is 3.54. The molecule has 0 aliphatic heterocycles. The molecule has 0 amide bonds. The minimum absolute atomic E-state index is 0.584. The van der Waals surface area contributed by atoms with E-state index in [0.29, 0.717) is 6.92 Å². The number of carboxylic acids is 1. The van der Waals surface area contributed by atoms with Crippen molar-refractivity contribution in [1.82, 2.24) is 0 Å². The van der Waals surface area contributed by atoms with Crippen LogP contribution in [0.5, 0.6) is 0 Å². The highest BCUT2D eigenvalue weighted by Gasteiger charge is 2.54. The lowest BCUT2D eigenvalue weighted by Crippen LogP contribution is -2.59. The average molecular weight is 280 g/mol. The van der Waals surface area contributed by atoms with Crippen LogP contribution in [0.15, 0.2) is 0 Å². The third-order valence-electron chi connectivity index (χ3n) is 2.12. The molecule has 108 valence electrons. The number of hydrogen-bond donors (Lipinski definition) is 5. The molecule has 0 heterocycles. The fourth-order valence-corrected chi connectivity index (χ4v) is 0.938. The molecule has 0 radical (unpaired) electrons. The summed E-state index contributed by atoms with van der Waals surface area (Å²) >= 11 is 0. The van der Waals surface area contributed by atoms with E-state index in [1.54, 1.807) is 0 Å². The van der Waals surface area contributed by atoms with Crippen molar-refractivity contribution in [3.63, 3.8) is 0 Å². The molecule has 3 unspecified atom stereocenters. The molecular weight excluding hydrogens is 268 g/mol. The number of hydrogen-bond acceptors (Lipinski definition) is 9. The van der Waals surface area contributed by atoms with Crippen LogP contribution in [0.25, 0.3) is 0 Å². The molecule has 0 saturated carbocycles. The van der Waals surface area contributed by atoms with Gasteiger partial charge < -0.3 is 30.3 Å². The van der Waals surface area contributed by atoms with Crippen molar-refractivity contribution < 1.29 is 49.4 Å². The van der Waals surface area contributed by atoms with Crippen LogP contribution in [0, 0.1) is 0 Å². The number of aliphatic hydroxyl groups is 4. The van der Waals surface area contributed by atoms with E-state index in [0.717, 1.165) is 0 Å². The van der Waals surface area contributed by atoms with E-state index in [1.807, 2.05) is 0 Å². The number of aliphatic hydroxyl groups excluding tert-OH is 3. The Balaban J connectivity index is 5.22. The number of esters is 2. The standard InChI is InChI=1S/C9H12O10/c1-3(11)9(18,5(13)6(14)15)8(17)19-7(16)4(12)2-10/h4-5,10,12-13,18H,2H2,1H3,(H,14,15). The van der Waals surface area contributed by atoms with Crippen molar-refractivity contribution in [2.24, 2.45) is 0 Å². The molecule has 0 aromatic heterocycles. The molecule has 10 heteroatoms. The molecule has 0 bridgehead atoms. The Morgan fingerprint density at radius 2 is 1.68 bits per heavy atom. The summed E-state index contributed by atoms with van der Waals surface area (Å²) in [6, 6.07) is 0. The Bertz CT molecular complexity index is 402. The number of ketones is 1. The number of ether oxygens (including phenoxy) is 1. The predicted molar refractivity (Wildman–Crippen MR) is 53.5 cm³/mol. The van der Waals surface area contributed by atoms with Crippen LogP contribution in [-0.2, 0) is 23.9 Å². The number of carbonyl (C=O) groups excluding carboxylic acids is 3. The van der Waals surface area contributed by atoms with Gasteiger partial charge in [-0.25, -0.2) is 14.4 Å². The van der Waals surface area contributed by atoms with Gasteiger partial charge in [0.15, 0.2) is 18.0 Å². The molecule has 10 nitrogen and oxygen atoms in total. The SMILES string of the molecule is CC(=O)C(O)(C(=O)OC(=O)C(O)CO)C(O)C(=O)O. The molecule has 0 aromatic carbocycles. The van der Waals surface area contributed by atoms with E-state index >= 15 is 0 Å². The van der Waals surface area contributed by atoms with Crippen LogP contribution in [0.1, 0.15) is 6.92 Å². The number of carbonyl (C=O) groups is 4. The van der Waals surface area contributed by atoms with Crippen LogP contribution in [-0.4, -0.2) is 73.6 Å². The highest BCUT2D eigenvalue weighted by molar-refractivity contribution is 6.12. The van der Waals surface area contributed by atoms with Gasteiger partial charge in [-0.2, -0.15) is 0 Å². The summed E-state index contributed by atoms with van der Waals surface area (Å²) in [5.74, 6) is -7.39. The molecule has 3 atom stereocenters. The average Bonchev–Trinajstić information content (AvgIpc) is 2.34. The second kappa shape index (κ2) is 6.33. The summed E-state index contributed by atoms with van der Waals surface area (Å²) in [5.41, 5.74) is -3.50. The maximum Gasteiger partial charge on any atom is 0.357 e. The monoisotopic (exact) mass is 280 g/mol. The fraction of sp³-hybridized carbons (Fsp3) is 0.556. The van der Waals surface area contributed by atoms with Gasteiger partial charge in [0, 0.05) is 0 Å². The highest BCUT2D eigenvalue weighted by atomic mass is 16.6. The molecular formula is C9H12O10. The van der Waals surface area contributed by atoms with Gasteiger partial charge in [0.25, 0.3) is 5.60 Å². The molecule has 0 aromatic rings. The molecule has 0 aliphatic rings. The van der Waals surface area contributed by atoms with Gasteiger partial charge in [-0.1, -0.05) is 0 Å². The number of rotatable bonds is 6. The minimum atomic E-state index is -3.50. The van der Waals surface area contributed by atoms with Gasteiger partial charge in [-0.05, 0) is 6.92 Å². The smallest absolute Gasteiger partial charge is 0.357 e. The molecule has 0 fully saturated rings. The first-order chi connectivity index (χ1) is 8.58. The summed E-state index contributed by atoms with van der Waals surface area (Å²) in [7, 11) is 0. The van der Waals surface area contributed by atoms with Crippen molar-refractivity contribution in [2.45, 2.75) is 24.7 Å². The van der Waals surface area contributed by atoms with Gasteiger partial charge in [0.2, 0.25) is 0 Å². The summed E-state index contributed by atoms with van der Waals surface area (Å²) in [5, 5.41) is 44.3. The molecule has 0 saturated heterocycles. The summed E-state index contributed by atoms with van der Waals surface area (Å²) < 4.78 is 3.82. The number of carboxylic acid groups (broad SMARTS) is 1. The predicted octanol–water partition coefficient (Wildman–Crippen LogP) is -3.82. The van der Waals surface area contributed by atoms with Crippen molar-refractivity contribution in [3.05, 3.63) is 0 Å². The maximum absolute atomic E-state index is 11.4. The number of Topliss-reactive ketones (excluding diaryl/α,β-unsaturated/α-hetero) is 1. The van der Waals surface area contributed by atoms with Gasteiger partial charge >= 0.3 is 17.9 Å². The zero-order valence-electron chi connectivity index (χ0n) is 9.64. The van der Waals surface area contributed by atoms with Gasteiger partial charge in [-0.15, -0.1) is 0 Å². The van der Waals surface area contributed by atoms with E-state index in [1.165, 1.54) is 0 Å². The quantitative estimate of drug-likeness (QED) is 0.239. The van der Waals surface area contributed by atoms with Gasteiger partial charge in [0.1, 0.15) is 0 Å². The van der Waals surface area contributed by atoms with E-state index < -0.39 is 48.1 Å². The van der Waals surface area contributed by atoms with E-state index in [-0.39, 0.29) is 0 Å². The van der Waals surface area contributed by atoms with Crippen molar-refractivity contribution in [3.8, 4) is 0 Å². The lowest BCUT2D eigenvalue weighted by molar-refractivity contribution is -0.194. The summed E-state index contributed by atoms with van der Waals surface area (Å²) in [6.45, 7) is -0.521. The number of aliphatic carboxylic acids is 1. The Morgan fingerprint density at radius 3 is 2.00 bits per heavy atom.